The minimum Gasteiger partial charge on any atom is -0.448 e. The van der Waals surface area contributed by atoms with Crippen LogP contribution >= 0.6 is 0 Å². The zero-order valence-corrected chi connectivity index (χ0v) is 15.5. The summed E-state index contributed by atoms with van der Waals surface area (Å²) in [4.78, 5) is 33.3. The average molecular weight is 365 g/mol. The van der Waals surface area contributed by atoms with Crippen molar-refractivity contribution in [1.82, 2.24) is 14.8 Å². The van der Waals surface area contributed by atoms with E-state index in [1.165, 1.54) is 13.4 Å². The van der Waals surface area contributed by atoms with Crippen molar-refractivity contribution in [2.75, 3.05) is 40.0 Å². The molecule has 0 aliphatic carbocycles. The first-order chi connectivity index (χ1) is 12.6. The van der Waals surface area contributed by atoms with Crippen molar-refractivity contribution in [2.24, 2.45) is 0 Å². The van der Waals surface area contributed by atoms with Crippen molar-refractivity contribution in [3.63, 3.8) is 0 Å². The third-order valence-corrected chi connectivity index (χ3v) is 5.06. The molecule has 8 heteroatoms. The molecule has 26 heavy (non-hydrogen) atoms. The van der Waals surface area contributed by atoms with Crippen molar-refractivity contribution in [1.29, 1.82) is 0 Å². The predicted octanol–water partition coefficient (Wildman–Crippen LogP) is 1.24. The van der Waals surface area contributed by atoms with Crippen molar-refractivity contribution < 1.29 is 23.5 Å². The number of aromatic nitrogens is 1. The van der Waals surface area contributed by atoms with Gasteiger partial charge in [0.1, 0.15) is 12.9 Å². The highest BCUT2D eigenvalue weighted by Gasteiger charge is 2.36. The first-order valence-electron chi connectivity index (χ1n) is 9.19. The minimum atomic E-state index is -0.141. The molecule has 0 bridgehead atoms. The van der Waals surface area contributed by atoms with Crippen LogP contribution in [-0.2, 0) is 14.3 Å². The van der Waals surface area contributed by atoms with Crippen molar-refractivity contribution in [3.05, 3.63) is 17.8 Å². The molecule has 8 nitrogen and oxygen atoms in total. The predicted molar refractivity (Wildman–Crippen MR) is 92.7 cm³/mol. The smallest absolute Gasteiger partial charge is 0.275 e. The molecule has 1 unspecified atom stereocenters. The van der Waals surface area contributed by atoms with Crippen molar-refractivity contribution >= 4 is 11.8 Å². The SMILES string of the molecule is COCC(=O)N(C1CCOCC1)C1CCCN(C(=O)c2coc(C)n2)C1. The van der Waals surface area contributed by atoms with Gasteiger partial charge in [0.2, 0.25) is 5.91 Å². The van der Waals surface area contributed by atoms with Crippen LogP contribution in [0.3, 0.4) is 0 Å². The second-order valence-corrected chi connectivity index (χ2v) is 6.88. The molecule has 0 radical (unpaired) electrons. The molecule has 2 amide bonds. The van der Waals surface area contributed by atoms with Crippen LogP contribution in [0.4, 0.5) is 0 Å². The van der Waals surface area contributed by atoms with Crippen LogP contribution in [0.5, 0.6) is 0 Å². The van der Waals surface area contributed by atoms with E-state index in [9.17, 15) is 9.59 Å². The number of amides is 2. The zero-order chi connectivity index (χ0) is 18.5. The lowest BCUT2D eigenvalue weighted by molar-refractivity contribution is -0.143. The fourth-order valence-electron chi connectivity index (χ4n) is 3.86. The largest absolute Gasteiger partial charge is 0.448 e. The molecule has 2 aliphatic rings. The molecule has 2 aliphatic heterocycles. The Balaban J connectivity index is 1.73. The number of carbonyl (C=O) groups is 2. The van der Waals surface area contributed by atoms with E-state index in [0.29, 0.717) is 37.9 Å². The van der Waals surface area contributed by atoms with Gasteiger partial charge < -0.3 is 23.7 Å². The van der Waals surface area contributed by atoms with Gasteiger partial charge in [0.05, 0.1) is 0 Å². The summed E-state index contributed by atoms with van der Waals surface area (Å²) < 4.78 is 15.7. The van der Waals surface area contributed by atoms with Gasteiger partial charge in [0.15, 0.2) is 11.6 Å². The van der Waals surface area contributed by atoms with Gasteiger partial charge in [-0.05, 0) is 25.7 Å². The fraction of sp³-hybridized carbons (Fsp3) is 0.722. The quantitative estimate of drug-likeness (QED) is 0.780. The van der Waals surface area contributed by atoms with Crippen molar-refractivity contribution in [2.45, 2.75) is 44.7 Å². The summed E-state index contributed by atoms with van der Waals surface area (Å²) >= 11 is 0. The van der Waals surface area contributed by atoms with Gasteiger partial charge in [-0.2, -0.15) is 0 Å². The Hall–Kier alpha value is -1.93. The highest BCUT2D eigenvalue weighted by Crippen LogP contribution is 2.24. The van der Waals surface area contributed by atoms with Crippen LogP contribution in [0, 0.1) is 6.92 Å². The Bertz CT molecular complexity index is 626. The summed E-state index contributed by atoms with van der Waals surface area (Å²) in [5, 5.41) is 0. The topological polar surface area (TPSA) is 85.1 Å². The van der Waals surface area contributed by atoms with E-state index in [0.717, 1.165) is 25.7 Å². The molecule has 3 rings (SSSR count). The Morgan fingerprint density at radius 1 is 1.31 bits per heavy atom. The van der Waals surface area contributed by atoms with E-state index in [2.05, 4.69) is 4.98 Å². The summed E-state index contributed by atoms with van der Waals surface area (Å²) in [5.41, 5.74) is 0.323. The third kappa shape index (κ3) is 4.24. The molecule has 144 valence electrons. The molecular weight excluding hydrogens is 338 g/mol. The molecule has 1 aromatic heterocycles. The number of rotatable bonds is 5. The number of nitrogens with zero attached hydrogens (tertiary/aromatic N) is 3. The maximum absolute atomic E-state index is 12.7. The molecule has 0 spiro atoms. The number of carbonyl (C=O) groups excluding carboxylic acids is 2. The maximum atomic E-state index is 12.7. The Morgan fingerprint density at radius 2 is 2.08 bits per heavy atom. The maximum Gasteiger partial charge on any atom is 0.275 e. The van der Waals surface area contributed by atoms with Crippen molar-refractivity contribution in [3.8, 4) is 0 Å². The summed E-state index contributed by atoms with van der Waals surface area (Å²) in [6.07, 6.45) is 4.78. The van der Waals surface area contributed by atoms with E-state index in [1.54, 1.807) is 11.8 Å². The third-order valence-electron chi connectivity index (χ3n) is 5.06. The zero-order valence-electron chi connectivity index (χ0n) is 15.5. The summed E-state index contributed by atoms with van der Waals surface area (Å²) in [7, 11) is 1.53. The Kier molecular flexibility index (Phi) is 6.26. The first kappa shape index (κ1) is 18.8. The number of hydrogen-bond donors (Lipinski definition) is 0. The molecular formula is C18H27N3O5. The molecule has 2 fully saturated rings. The average Bonchev–Trinajstić information content (AvgIpc) is 3.09. The van der Waals surface area contributed by atoms with Gasteiger partial charge in [-0.15, -0.1) is 0 Å². The molecule has 2 saturated heterocycles. The van der Waals surface area contributed by atoms with E-state index >= 15 is 0 Å². The number of methoxy groups -OCH3 is 1. The number of aryl methyl sites for hydroxylation is 1. The normalized spacial score (nSPS) is 21.6. The van der Waals surface area contributed by atoms with Crippen LogP contribution in [0.15, 0.2) is 10.7 Å². The monoisotopic (exact) mass is 365 g/mol. The Morgan fingerprint density at radius 3 is 2.73 bits per heavy atom. The van der Waals surface area contributed by atoms with Crippen LogP contribution in [-0.4, -0.2) is 78.7 Å². The number of hydrogen-bond acceptors (Lipinski definition) is 6. The van der Waals surface area contributed by atoms with Gasteiger partial charge in [-0.3, -0.25) is 9.59 Å². The van der Waals surface area contributed by atoms with Crippen LogP contribution in [0.1, 0.15) is 42.1 Å². The lowest BCUT2D eigenvalue weighted by atomic mass is 9.98. The fourth-order valence-corrected chi connectivity index (χ4v) is 3.86. The number of piperidine rings is 1. The van der Waals surface area contributed by atoms with Gasteiger partial charge in [0, 0.05) is 52.4 Å². The molecule has 1 atom stereocenters. The molecule has 3 heterocycles. The van der Waals surface area contributed by atoms with Crippen LogP contribution in [0.25, 0.3) is 0 Å². The van der Waals surface area contributed by atoms with Crippen LogP contribution < -0.4 is 0 Å². The van der Waals surface area contributed by atoms with Gasteiger partial charge >= 0.3 is 0 Å². The van der Waals surface area contributed by atoms with Gasteiger partial charge in [-0.1, -0.05) is 0 Å². The molecule has 0 aromatic carbocycles. The number of likely N-dealkylation sites (tertiary alicyclic amines) is 1. The Labute approximate surface area is 153 Å². The molecule has 0 N–H and O–H groups in total. The van der Waals surface area contributed by atoms with E-state index < -0.39 is 0 Å². The summed E-state index contributed by atoms with van der Waals surface area (Å²) in [6, 6.07) is 0.132. The lowest BCUT2D eigenvalue weighted by Gasteiger charge is -2.44. The highest BCUT2D eigenvalue weighted by atomic mass is 16.5. The van der Waals surface area contributed by atoms with Crippen LogP contribution in [0.2, 0.25) is 0 Å². The second-order valence-electron chi connectivity index (χ2n) is 6.88. The van der Waals surface area contributed by atoms with E-state index in [-0.39, 0.29) is 30.5 Å². The second kappa shape index (κ2) is 8.64. The molecule has 1 aromatic rings. The first-order valence-corrected chi connectivity index (χ1v) is 9.19. The summed E-state index contributed by atoms with van der Waals surface area (Å²) in [5.74, 6) is 0.315. The van der Waals surface area contributed by atoms with Gasteiger partial charge in [-0.25, -0.2) is 4.98 Å². The standard InChI is InChI=1S/C18H27N3O5/c1-13-19-16(11-26-13)18(23)20-7-3-4-15(10-20)21(17(22)12-24-2)14-5-8-25-9-6-14/h11,14-15H,3-10,12H2,1-2H3. The van der Waals surface area contributed by atoms with E-state index in [1.807, 2.05) is 4.90 Å². The lowest BCUT2D eigenvalue weighted by Crippen LogP contribution is -2.56. The van der Waals surface area contributed by atoms with E-state index in [4.69, 9.17) is 13.9 Å². The highest BCUT2D eigenvalue weighted by molar-refractivity contribution is 5.92. The minimum absolute atomic E-state index is 0.00792. The molecule has 0 saturated carbocycles. The number of oxazole rings is 1. The number of ether oxygens (including phenoxy) is 2. The summed E-state index contributed by atoms with van der Waals surface area (Å²) in [6.45, 7) is 4.28. The van der Waals surface area contributed by atoms with Gasteiger partial charge in [0.25, 0.3) is 5.91 Å².